The third-order valence-electron chi connectivity index (χ3n) is 4.86. The van der Waals surface area contributed by atoms with Gasteiger partial charge in [-0.2, -0.15) is 0 Å². The molecule has 0 fully saturated rings. The number of amides is 1. The Morgan fingerprint density at radius 3 is 2.52 bits per heavy atom. The van der Waals surface area contributed by atoms with E-state index in [1.807, 2.05) is 18.2 Å². The quantitative estimate of drug-likeness (QED) is 0.633. The molecule has 142 valence electrons. The first-order chi connectivity index (χ1) is 13.1. The van der Waals surface area contributed by atoms with Crippen molar-refractivity contribution in [1.29, 1.82) is 0 Å². The van der Waals surface area contributed by atoms with Crippen LogP contribution in [-0.4, -0.2) is 43.4 Å². The average molecular weight is 364 g/mol. The van der Waals surface area contributed by atoms with Crippen molar-refractivity contribution in [2.24, 2.45) is 4.99 Å². The van der Waals surface area contributed by atoms with E-state index < -0.39 is 0 Å². The fourth-order valence-corrected chi connectivity index (χ4v) is 3.24. The molecule has 2 aromatic rings. The van der Waals surface area contributed by atoms with Gasteiger partial charge in [0.05, 0.1) is 13.1 Å². The summed E-state index contributed by atoms with van der Waals surface area (Å²) in [5.74, 6) is 0.719. The van der Waals surface area contributed by atoms with Crippen LogP contribution in [0.25, 0.3) is 0 Å². The summed E-state index contributed by atoms with van der Waals surface area (Å²) in [6.45, 7) is 0.812. The number of carbonyl (C=O) groups is 1. The first-order valence-electron chi connectivity index (χ1n) is 9.47. The number of benzene rings is 2. The molecule has 1 aliphatic carbocycles. The van der Waals surface area contributed by atoms with E-state index in [2.05, 4.69) is 47.0 Å². The van der Waals surface area contributed by atoms with Crippen molar-refractivity contribution in [2.45, 2.75) is 31.8 Å². The topological polar surface area (TPSA) is 56.7 Å². The lowest BCUT2D eigenvalue weighted by molar-refractivity contribution is -0.127. The Morgan fingerprint density at radius 1 is 1.07 bits per heavy atom. The molecule has 0 radical (unpaired) electrons. The summed E-state index contributed by atoms with van der Waals surface area (Å²) in [5.41, 5.74) is 3.98. The smallest absolute Gasteiger partial charge is 0.241 e. The van der Waals surface area contributed by atoms with Crippen LogP contribution in [0.15, 0.2) is 59.6 Å². The monoisotopic (exact) mass is 364 g/mol. The summed E-state index contributed by atoms with van der Waals surface area (Å²) in [6.07, 6.45) is 3.10. The Bertz CT molecular complexity index is 786. The number of aryl methyl sites for hydroxylation is 1. The van der Waals surface area contributed by atoms with Gasteiger partial charge in [0.15, 0.2) is 5.96 Å². The van der Waals surface area contributed by atoms with Gasteiger partial charge in [0.1, 0.15) is 0 Å². The van der Waals surface area contributed by atoms with Crippen molar-refractivity contribution in [3.63, 3.8) is 0 Å². The molecule has 1 atom stereocenters. The number of nitrogens with one attached hydrogen (secondary N) is 2. The normalized spacial score (nSPS) is 16.4. The third kappa shape index (κ3) is 5.58. The fraction of sp³-hybridized carbons (Fsp3) is 0.364. The number of likely N-dealkylation sites (N-methyl/N-ethyl adjacent to an activating group) is 1. The lowest BCUT2D eigenvalue weighted by atomic mass is 9.88. The van der Waals surface area contributed by atoms with Gasteiger partial charge < -0.3 is 15.5 Å². The number of aliphatic imine (C=N–C) groups is 1. The number of fused-ring (bicyclic) bond motifs is 1. The number of hydrogen-bond donors (Lipinski definition) is 2. The van der Waals surface area contributed by atoms with Crippen LogP contribution in [0.2, 0.25) is 0 Å². The SMILES string of the molecule is CN(C)C(=O)CNC(=NCc1ccccc1)NC1CCc2ccccc2C1. The number of guanidine groups is 1. The van der Waals surface area contributed by atoms with Crippen molar-refractivity contribution in [3.05, 3.63) is 71.3 Å². The Kier molecular flexibility index (Phi) is 6.47. The van der Waals surface area contributed by atoms with E-state index in [4.69, 9.17) is 4.99 Å². The molecule has 0 aromatic heterocycles. The van der Waals surface area contributed by atoms with Crippen LogP contribution >= 0.6 is 0 Å². The number of carbonyl (C=O) groups excluding carboxylic acids is 1. The Labute approximate surface area is 161 Å². The molecule has 0 bridgehead atoms. The first kappa shape index (κ1) is 19.0. The molecule has 2 aromatic carbocycles. The second-order valence-corrected chi connectivity index (χ2v) is 7.14. The van der Waals surface area contributed by atoms with E-state index in [-0.39, 0.29) is 12.5 Å². The van der Waals surface area contributed by atoms with Gasteiger partial charge in [0, 0.05) is 20.1 Å². The van der Waals surface area contributed by atoms with Gasteiger partial charge in [-0.15, -0.1) is 0 Å². The Morgan fingerprint density at radius 2 is 1.78 bits per heavy atom. The zero-order valence-electron chi connectivity index (χ0n) is 16.1. The molecule has 1 aliphatic rings. The summed E-state index contributed by atoms with van der Waals surface area (Å²) in [5, 5.41) is 6.72. The van der Waals surface area contributed by atoms with E-state index in [1.54, 1.807) is 19.0 Å². The van der Waals surface area contributed by atoms with Gasteiger partial charge in [0.25, 0.3) is 0 Å². The predicted molar refractivity (Wildman–Crippen MR) is 110 cm³/mol. The van der Waals surface area contributed by atoms with Gasteiger partial charge in [-0.1, -0.05) is 54.6 Å². The molecule has 0 saturated heterocycles. The zero-order valence-corrected chi connectivity index (χ0v) is 16.1. The number of hydrogen-bond acceptors (Lipinski definition) is 2. The molecule has 5 heteroatoms. The van der Waals surface area contributed by atoms with E-state index in [9.17, 15) is 4.79 Å². The summed E-state index contributed by atoms with van der Waals surface area (Å²) in [6, 6.07) is 19.1. The van der Waals surface area contributed by atoms with E-state index in [0.29, 0.717) is 18.5 Å². The van der Waals surface area contributed by atoms with Gasteiger partial charge in [-0.3, -0.25) is 4.79 Å². The maximum absolute atomic E-state index is 12.0. The highest BCUT2D eigenvalue weighted by Gasteiger charge is 2.19. The summed E-state index contributed by atoms with van der Waals surface area (Å²) in [7, 11) is 3.52. The summed E-state index contributed by atoms with van der Waals surface area (Å²) < 4.78 is 0. The van der Waals surface area contributed by atoms with Crippen molar-refractivity contribution < 1.29 is 4.79 Å². The van der Waals surface area contributed by atoms with Crippen molar-refractivity contribution in [2.75, 3.05) is 20.6 Å². The van der Waals surface area contributed by atoms with Gasteiger partial charge >= 0.3 is 0 Å². The molecular weight excluding hydrogens is 336 g/mol. The predicted octanol–water partition coefficient (Wildman–Crippen LogP) is 2.37. The molecule has 1 unspecified atom stereocenters. The van der Waals surface area contributed by atoms with Gasteiger partial charge in [-0.05, 0) is 36.0 Å². The highest BCUT2D eigenvalue weighted by Crippen LogP contribution is 2.20. The molecule has 0 aliphatic heterocycles. The van der Waals surface area contributed by atoms with Crippen molar-refractivity contribution in [1.82, 2.24) is 15.5 Å². The van der Waals surface area contributed by atoms with E-state index >= 15 is 0 Å². The maximum Gasteiger partial charge on any atom is 0.241 e. The lowest BCUT2D eigenvalue weighted by Gasteiger charge is -2.27. The third-order valence-corrected chi connectivity index (χ3v) is 4.86. The minimum atomic E-state index is 0.0261. The van der Waals surface area contributed by atoms with Crippen molar-refractivity contribution >= 4 is 11.9 Å². The minimum absolute atomic E-state index is 0.0261. The first-order valence-corrected chi connectivity index (χ1v) is 9.47. The molecule has 1 amide bonds. The van der Waals surface area contributed by atoms with Crippen LogP contribution in [-0.2, 0) is 24.2 Å². The Balaban J connectivity index is 1.66. The summed E-state index contributed by atoms with van der Waals surface area (Å²) in [4.78, 5) is 18.2. The molecule has 5 nitrogen and oxygen atoms in total. The van der Waals surface area contributed by atoms with Crippen LogP contribution in [0.1, 0.15) is 23.1 Å². The molecule has 0 heterocycles. The number of nitrogens with zero attached hydrogens (tertiary/aromatic N) is 2. The van der Waals surface area contributed by atoms with Crippen LogP contribution < -0.4 is 10.6 Å². The van der Waals surface area contributed by atoms with Gasteiger partial charge in [0.2, 0.25) is 5.91 Å². The van der Waals surface area contributed by atoms with Gasteiger partial charge in [-0.25, -0.2) is 4.99 Å². The molecule has 27 heavy (non-hydrogen) atoms. The van der Waals surface area contributed by atoms with Crippen LogP contribution in [0, 0.1) is 0 Å². The molecule has 0 spiro atoms. The highest BCUT2D eigenvalue weighted by atomic mass is 16.2. The average Bonchev–Trinajstić information content (AvgIpc) is 2.70. The Hall–Kier alpha value is -2.82. The standard InChI is InChI=1S/C22H28N4O/c1-26(2)21(27)16-24-22(23-15-17-8-4-3-5-9-17)25-20-13-12-18-10-6-7-11-19(18)14-20/h3-11,20H,12-16H2,1-2H3,(H2,23,24,25). The molecular formula is C22H28N4O. The zero-order chi connectivity index (χ0) is 19.1. The van der Waals surface area contributed by atoms with Crippen LogP contribution in [0.5, 0.6) is 0 Å². The summed E-state index contributed by atoms with van der Waals surface area (Å²) >= 11 is 0. The largest absolute Gasteiger partial charge is 0.353 e. The molecule has 2 N–H and O–H groups in total. The second-order valence-electron chi connectivity index (χ2n) is 7.14. The highest BCUT2D eigenvalue weighted by molar-refractivity contribution is 5.86. The lowest BCUT2D eigenvalue weighted by Crippen LogP contribution is -2.48. The maximum atomic E-state index is 12.0. The molecule has 0 saturated carbocycles. The van der Waals surface area contributed by atoms with Crippen LogP contribution in [0.3, 0.4) is 0 Å². The van der Waals surface area contributed by atoms with Crippen LogP contribution in [0.4, 0.5) is 0 Å². The number of rotatable bonds is 5. The fourth-order valence-electron chi connectivity index (χ4n) is 3.24. The molecule has 3 rings (SSSR count). The van der Waals surface area contributed by atoms with E-state index in [1.165, 1.54) is 11.1 Å². The van der Waals surface area contributed by atoms with Crippen molar-refractivity contribution in [3.8, 4) is 0 Å². The minimum Gasteiger partial charge on any atom is -0.353 e. The van der Waals surface area contributed by atoms with E-state index in [0.717, 1.165) is 24.8 Å². The second kappa shape index (κ2) is 9.21.